The van der Waals surface area contributed by atoms with Crippen LogP contribution in [-0.4, -0.2) is 34.5 Å². The fourth-order valence-electron chi connectivity index (χ4n) is 3.28. The van der Waals surface area contributed by atoms with Crippen LogP contribution in [0.1, 0.15) is 24.1 Å². The maximum atomic E-state index is 6.08. The number of methoxy groups -OCH3 is 2. The molecule has 1 aliphatic carbocycles. The van der Waals surface area contributed by atoms with Crippen molar-refractivity contribution < 1.29 is 9.47 Å². The van der Waals surface area contributed by atoms with Gasteiger partial charge in [0.05, 0.1) is 24.9 Å². The molecular formula is C20H22ClN3O2. The van der Waals surface area contributed by atoms with Gasteiger partial charge in [-0.05, 0) is 43.2 Å². The van der Waals surface area contributed by atoms with E-state index in [9.17, 15) is 0 Å². The average molecular weight is 372 g/mol. The number of nitrogens with zero attached hydrogens (tertiary/aromatic N) is 3. The summed E-state index contributed by atoms with van der Waals surface area (Å²) in [7, 11) is 3.39. The van der Waals surface area contributed by atoms with Crippen LogP contribution in [0.25, 0.3) is 5.65 Å². The molecule has 0 unspecified atom stereocenters. The van der Waals surface area contributed by atoms with Gasteiger partial charge in [0, 0.05) is 37.1 Å². The van der Waals surface area contributed by atoms with Gasteiger partial charge in [0.1, 0.15) is 17.1 Å². The molecule has 0 aliphatic heterocycles. The lowest BCUT2D eigenvalue weighted by atomic mass is 10.1. The van der Waals surface area contributed by atoms with Crippen LogP contribution in [0, 0.1) is 0 Å². The Bertz CT molecular complexity index is 921. The number of aromatic nitrogens is 2. The molecule has 1 fully saturated rings. The predicted molar refractivity (Wildman–Crippen MR) is 102 cm³/mol. The van der Waals surface area contributed by atoms with Crippen molar-refractivity contribution >= 4 is 17.2 Å². The standard InChI is InChI=1S/C20H22ClN3O2/c1-25-18-6-7-19(26-2)14(9-18)10-23(17-4-5-17)12-16-13-24-11-15(21)3-8-20(24)22-16/h3,6-9,11,13,17H,4-5,10,12H2,1-2H3. The molecule has 0 atom stereocenters. The summed E-state index contributed by atoms with van der Waals surface area (Å²) in [6.07, 6.45) is 6.40. The molecule has 0 N–H and O–H groups in total. The number of rotatable bonds is 7. The Balaban J connectivity index is 1.58. The first-order valence-corrected chi connectivity index (χ1v) is 9.12. The minimum Gasteiger partial charge on any atom is -0.497 e. The number of pyridine rings is 1. The zero-order valence-electron chi connectivity index (χ0n) is 15.0. The van der Waals surface area contributed by atoms with Gasteiger partial charge in [0.2, 0.25) is 0 Å². The summed E-state index contributed by atoms with van der Waals surface area (Å²) in [6.45, 7) is 1.60. The van der Waals surface area contributed by atoms with E-state index < -0.39 is 0 Å². The second-order valence-electron chi connectivity index (χ2n) is 6.66. The van der Waals surface area contributed by atoms with Crippen molar-refractivity contribution in [2.45, 2.75) is 32.0 Å². The molecule has 1 aromatic carbocycles. The van der Waals surface area contributed by atoms with E-state index in [1.807, 2.05) is 34.9 Å². The van der Waals surface area contributed by atoms with E-state index in [-0.39, 0.29) is 0 Å². The molecule has 0 saturated heterocycles. The molecule has 0 radical (unpaired) electrons. The van der Waals surface area contributed by atoms with Crippen LogP contribution in [0.2, 0.25) is 5.02 Å². The first kappa shape index (κ1) is 17.2. The van der Waals surface area contributed by atoms with E-state index in [4.69, 9.17) is 26.1 Å². The molecule has 1 saturated carbocycles. The molecule has 5 nitrogen and oxygen atoms in total. The third-order valence-corrected chi connectivity index (χ3v) is 4.98. The van der Waals surface area contributed by atoms with Crippen molar-refractivity contribution in [3.63, 3.8) is 0 Å². The van der Waals surface area contributed by atoms with Crippen molar-refractivity contribution in [1.29, 1.82) is 0 Å². The van der Waals surface area contributed by atoms with E-state index in [1.54, 1.807) is 14.2 Å². The highest BCUT2D eigenvalue weighted by molar-refractivity contribution is 6.30. The van der Waals surface area contributed by atoms with Gasteiger partial charge in [-0.3, -0.25) is 4.90 Å². The Morgan fingerprint density at radius 3 is 2.69 bits per heavy atom. The molecule has 1 aliphatic rings. The van der Waals surface area contributed by atoms with Crippen molar-refractivity contribution in [1.82, 2.24) is 14.3 Å². The van der Waals surface area contributed by atoms with Gasteiger partial charge in [-0.2, -0.15) is 0 Å². The zero-order valence-corrected chi connectivity index (χ0v) is 15.7. The SMILES string of the molecule is COc1ccc(OC)c(CN(Cc2cn3cc(Cl)ccc3n2)C2CC2)c1. The molecule has 0 spiro atoms. The van der Waals surface area contributed by atoms with Gasteiger partial charge < -0.3 is 13.9 Å². The molecule has 2 aromatic heterocycles. The smallest absolute Gasteiger partial charge is 0.137 e. The highest BCUT2D eigenvalue weighted by Gasteiger charge is 2.30. The third kappa shape index (κ3) is 3.64. The number of imidazole rings is 1. The van der Waals surface area contributed by atoms with Crippen molar-refractivity contribution in [3.05, 3.63) is 59.0 Å². The quantitative estimate of drug-likeness (QED) is 0.625. The summed E-state index contributed by atoms with van der Waals surface area (Å²) in [6, 6.07) is 10.4. The minimum atomic E-state index is 0.597. The Labute approximate surface area is 158 Å². The Morgan fingerprint density at radius 2 is 1.96 bits per heavy atom. The van der Waals surface area contributed by atoms with Crippen LogP contribution in [0.3, 0.4) is 0 Å². The number of fused-ring (bicyclic) bond motifs is 1. The summed E-state index contributed by atoms with van der Waals surface area (Å²) in [5.41, 5.74) is 3.09. The van der Waals surface area contributed by atoms with Gasteiger partial charge in [0.15, 0.2) is 0 Å². The van der Waals surface area contributed by atoms with Crippen LogP contribution < -0.4 is 9.47 Å². The van der Waals surface area contributed by atoms with Crippen molar-refractivity contribution in [2.24, 2.45) is 0 Å². The highest BCUT2D eigenvalue weighted by atomic mass is 35.5. The summed E-state index contributed by atoms with van der Waals surface area (Å²) in [5, 5.41) is 0.710. The molecule has 0 bridgehead atoms. The fourth-order valence-corrected chi connectivity index (χ4v) is 3.45. The lowest BCUT2D eigenvalue weighted by molar-refractivity contribution is 0.239. The van der Waals surface area contributed by atoms with E-state index in [1.165, 1.54) is 12.8 Å². The maximum absolute atomic E-state index is 6.08. The lowest BCUT2D eigenvalue weighted by Gasteiger charge is -2.22. The molecule has 6 heteroatoms. The van der Waals surface area contributed by atoms with E-state index in [0.29, 0.717) is 11.1 Å². The van der Waals surface area contributed by atoms with Gasteiger partial charge in [0.25, 0.3) is 0 Å². The predicted octanol–water partition coefficient (Wildman–Crippen LogP) is 4.17. The van der Waals surface area contributed by atoms with Crippen LogP contribution in [0.4, 0.5) is 0 Å². The van der Waals surface area contributed by atoms with Crippen molar-refractivity contribution in [2.75, 3.05) is 14.2 Å². The van der Waals surface area contributed by atoms with Gasteiger partial charge in [-0.25, -0.2) is 4.98 Å². The third-order valence-electron chi connectivity index (χ3n) is 4.75. The molecule has 2 heterocycles. The summed E-state index contributed by atoms with van der Waals surface area (Å²) in [4.78, 5) is 7.19. The Kier molecular flexibility index (Phi) is 4.74. The Morgan fingerprint density at radius 1 is 1.12 bits per heavy atom. The normalized spacial score (nSPS) is 14.2. The van der Waals surface area contributed by atoms with Gasteiger partial charge >= 0.3 is 0 Å². The van der Waals surface area contributed by atoms with Crippen LogP contribution in [-0.2, 0) is 13.1 Å². The second-order valence-corrected chi connectivity index (χ2v) is 7.10. The highest BCUT2D eigenvalue weighted by Crippen LogP contribution is 2.33. The maximum Gasteiger partial charge on any atom is 0.137 e. The largest absolute Gasteiger partial charge is 0.497 e. The van der Waals surface area contributed by atoms with Crippen LogP contribution in [0.15, 0.2) is 42.7 Å². The van der Waals surface area contributed by atoms with E-state index in [0.717, 1.165) is 41.5 Å². The summed E-state index contributed by atoms with van der Waals surface area (Å²) < 4.78 is 12.9. The molecule has 0 amide bonds. The number of halogens is 1. The van der Waals surface area contributed by atoms with Crippen molar-refractivity contribution in [3.8, 4) is 11.5 Å². The number of hydrogen-bond donors (Lipinski definition) is 0. The number of hydrogen-bond acceptors (Lipinski definition) is 4. The lowest BCUT2D eigenvalue weighted by Crippen LogP contribution is -2.25. The van der Waals surface area contributed by atoms with Gasteiger partial charge in [-0.1, -0.05) is 11.6 Å². The molecule has 3 aromatic rings. The number of ether oxygens (including phenoxy) is 2. The van der Waals surface area contributed by atoms with Crippen LogP contribution >= 0.6 is 11.6 Å². The molecule has 4 rings (SSSR count). The summed E-state index contributed by atoms with van der Waals surface area (Å²) in [5.74, 6) is 1.73. The summed E-state index contributed by atoms with van der Waals surface area (Å²) >= 11 is 6.08. The first-order valence-electron chi connectivity index (χ1n) is 8.74. The van der Waals surface area contributed by atoms with E-state index >= 15 is 0 Å². The first-order chi connectivity index (χ1) is 12.7. The average Bonchev–Trinajstić information content (AvgIpc) is 3.42. The molecule has 136 valence electrons. The second kappa shape index (κ2) is 7.17. The zero-order chi connectivity index (χ0) is 18.1. The molecule has 26 heavy (non-hydrogen) atoms. The van der Waals surface area contributed by atoms with Gasteiger partial charge in [-0.15, -0.1) is 0 Å². The topological polar surface area (TPSA) is 39.0 Å². The Hall–Kier alpha value is -2.24. The van der Waals surface area contributed by atoms with E-state index in [2.05, 4.69) is 17.2 Å². The molecular weight excluding hydrogens is 350 g/mol. The monoisotopic (exact) mass is 371 g/mol. The fraction of sp³-hybridized carbons (Fsp3) is 0.350. The minimum absolute atomic E-state index is 0.597. The number of benzene rings is 1. The van der Waals surface area contributed by atoms with Crippen LogP contribution in [0.5, 0.6) is 11.5 Å².